The summed E-state index contributed by atoms with van der Waals surface area (Å²) in [6, 6.07) is 5.78. The van der Waals surface area contributed by atoms with E-state index in [1.54, 1.807) is 12.1 Å². The molecule has 0 unspecified atom stereocenters. The Morgan fingerprint density at radius 2 is 1.71 bits per heavy atom. The van der Waals surface area contributed by atoms with Gasteiger partial charge in [0.05, 0.1) is 46.5 Å². The largest absolute Gasteiger partial charge is 0.493 e. The maximum Gasteiger partial charge on any atom is 0.132 e. The van der Waals surface area contributed by atoms with Gasteiger partial charge in [-0.15, -0.1) is 0 Å². The molecule has 0 atom stereocenters. The van der Waals surface area contributed by atoms with E-state index in [1.807, 2.05) is 13.8 Å². The molecule has 0 amide bonds. The third kappa shape index (κ3) is 5.22. The highest BCUT2D eigenvalue weighted by Crippen LogP contribution is 2.43. The van der Waals surface area contributed by atoms with Gasteiger partial charge in [-0.2, -0.15) is 5.26 Å². The van der Waals surface area contributed by atoms with Crippen LogP contribution in [0.4, 0.5) is 0 Å². The van der Waals surface area contributed by atoms with Crippen LogP contribution in [0.3, 0.4) is 0 Å². The maximum absolute atomic E-state index is 9.60. The molecular formula is C27H33ClN4O2. The summed E-state index contributed by atoms with van der Waals surface area (Å²) < 4.78 is 12.1. The van der Waals surface area contributed by atoms with Crippen molar-refractivity contribution < 1.29 is 9.47 Å². The lowest BCUT2D eigenvalue weighted by molar-refractivity contribution is 0.266. The van der Waals surface area contributed by atoms with E-state index in [-0.39, 0.29) is 0 Å². The topological polar surface area (TPSA) is 61.6 Å². The highest BCUT2D eigenvalue weighted by Gasteiger charge is 2.25. The Labute approximate surface area is 207 Å². The van der Waals surface area contributed by atoms with Crippen LogP contribution in [0.5, 0.6) is 11.5 Å². The van der Waals surface area contributed by atoms with E-state index < -0.39 is 0 Å². The number of likely N-dealkylation sites (N-methyl/N-ethyl adjacent to an activating group) is 1. The van der Waals surface area contributed by atoms with Crippen LogP contribution < -0.4 is 20.0 Å². The molecule has 1 aliphatic heterocycles. The summed E-state index contributed by atoms with van der Waals surface area (Å²) >= 11 is 7.16. The van der Waals surface area contributed by atoms with Crippen molar-refractivity contribution in [1.82, 2.24) is 14.8 Å². The first-order valence-corrected chi connectivity index (χ1v) is 12.6. The Bertz CT molecular complexity index is 1180. The number of hydrogen-bond donors (Lipinski definition) is 0. The van der Waals surface area contributed by atoms with Crippen molar-refractivity contribution in [3.63, 3.8) is 0 Å². The zero-order valence-electron chi connectivity index (χ0n) is 20.4. The number of hydrogen-bond acceptors (Lipinski definition) is 6. The van der Waals surface area contributed by atoms with Crippen molar-refractivity contribution in [2.24, 2.45) is 0 Å². The van der Waals surface area contributed by atoms with Crippen LogP contribution in [-0.4, -0.2) is 61.2 Å². The second-order valence-corrected chi connectivity index (χ2v) is 9.17. The van der Waals surface area contributed by atoms with Gasteiger partial charge in [-0.05, 0) is 65.4 Å². The summed E-state index contributed by atoms with van der Waals surface area (Å²) in [5.41, 5.74) is 3.05. The fourth-order valence-corrected chi connectivity index (χ4v) is 5.09. The summed E-state index contributed by atoms with van der Waals surface area (Å²) in [6.07, 6.45) is 7.37. The van der Waals surface area contributed by atoms with Crippen LogP contribution in [0.1, 0.15) is 44.4 Å². The van der Waals surface area contributed by atoms with Gasteiger partial charge in [0.1, 0.15) is 11.5 Å². The van der Waals surface area contributed by atoms with E-state index in [1.165, 1.54) is 0 Å². The van der Waals surface area contributed by atoms with E-state index in [4.69, 9.17) is 26.1 Å². The number of rotatable bonds is 7. The van der Waals surface area contributed by atoms with Crippen LogP contribution in [0, 0.1) is 11.3 Å². The molecule has 34 heavy (non-hydrogen) atoms. The molecule has 1 aliphatic carbocycles. The molecular weight excluding hydrogens is 448 g/mol. The van der Waals surface area contributed by atoms with Crippen molar-refractivity contribution in [2.45, 2.75) is 39.7 Å². The molecule has 0 spiro atoms. The Balaban J connectivity index is 1.95. The third-order valence-electron chi connectivity index (χ3n) is 6.36. The lowest BCUT2D eigenvalue weighted by Gasteiger charge is -2.24. The van der Waals surface area contributed by atoms with Gasteiger partial charge in [0.15, 0.2) is 0 Å². The summed E-state index contributed by atoms with van der Waals surface area (Å²) in [5, 5.41) is 12.2. The predicted octanol–water partition coefficient (Wildman–Crippen LogP) is 3.56. The molecule has 180 valence electrons. The van der Waals surface area contributed by atoms with Crippen molar-refractivity contribution >= 4 is 23.8 Å². The number of nitrogens with zero attached hydrogens (tertiary/aromatic N) is 4. The summed E-state index contributed by atoms with van der Waals surface area (Å²) in [5.74, 6) is 1.20. The van der Waals surface area contributed by atoms with Gasteiger partial charge in [0.25, 0.3) is 0 Å². The van der Waals surface area contributed by atoms with E-state index in [0.717, 1.165) is 72.8 Å². The Hall–Kier alpha value is -2.59. The number of fused-ring (bicyclic) bond motifs is 1. The molecule has 1 saturated heterocycles. The average molecular weight is 481 g/mol. The molecule has 7 heteroatoms. The first-order chi connectivity index (χ1) is 16.5. The summed E-state index contributed by atoms with van der Waals surface area (Å²) in [7, 11) is 2.17. The highest BCUT2D eigenvalue weighted by molar-refractivity contribution is 6.33. The van der Waals surface area contributed by atoms with Crippen molar-refractivity contribution in [3.05, 3.63) is 39.0 Å². The third-order valence-corrected chi connectivity index (χ3v) is 6.75. The Morgan fingerprint density at radius 1 is 1.00 bits per heavy atom. The summed E-state index contributed by atoms with van der Waals surface area (Å²) in [6.45, 7) is 9.63. The van der Waals surface area contributed by atoms with Gasteiger partial charge in [-0.3, -0.25) is 9.88 Å². The quantitative estimate of drug-likeness (QED) is 0.603. The molecule has 0 N–H and O–H groups in total. The SMILES string of the molecule is CCOc1cc(C#N)cc(OCC)c1-c1c(CN2CCCN(C)CC2)nc2c(c1Cl)=CCCC=2. The second-order valence-electron chi connectivity index (χ2n) is 8.79. The average Bonchev–Trinajstić information content (AvgIpc) is 3.04. The smallest absolute Gasteiger partial charge is 0.132 e. The first kappa shape index (κ1) is 24.5. The molecule has 6 nitrogen and oxygen atoms in total. The highest BCUT2D eigenvalue weighted by atomic mass is 35.5. The fourth-order valence-electron chi connectivity index (χ4n) is 4.71. The van der Waals surface area contributed by atoms with Crippen LogP contribution in [0.2, 0.25) is 5.02 Å². The lowest BCUT2D eigenvalue weighted by Crippen LogP contribution is -2.35. The van der Waals surface area contributed by atoms with E-state index in [2.05, 4.69) is 35.1 Å². The molecule has 2 aliphatic rings. The van der Waals surface area contributed by atoms with Crippen LogP contribution in [-0.2, 0) is 6.54 Å². The van der Waals surface area contributed by atoms with Crippen LogP contribution in [0.25, 0.3) is 23.3 Å². The Morgan fingerprint density at radius 3 is 2.38 bits per heavy atom. The Kier molecular flexibility index (Phi) is 8.10. The zero-order chi connectivity index (χ0) is 24.1. The monoisotopic (exact) mass is 480 g/mol. The maximum atomic E-state index is 9.60. The standard InChI is InChI=1S/C27H33ClN4O2/c1-4-33-23-15-19(17-29)16-24(34-5-2)26(23)25-22(18-32-12-8-11-31(3)13-14-32)30-21-10-7-6-9-20(21)27(25)28/h9-10,15-16H,4-8,11-14,18H2,1-3H3. The second kappa shape index (κ2) is 11.2. The van der Waals surface area contributed by atoms with Crippen LogP contribution >= 0.6 is 11.6 Å². The number of pyridine rings is 1. The molecule has 4 rings (SSSR count). The van der Waals surface area contributed by atoms with Gasteiger partial charge in [0, 0.05) is 30.4 Å². The minimum absolute atomic E-state index is 0.469. The number of benzene rings is 1. The first-order valence-electron chi connectivity index (χ1n) is 12.2. The fraction of sp³-hybridized carbons (Fsp3) is 0.481. The summed E-state index contributed by atoms with van der Waals surface area (Å²) in [4.78, 5) is 9.96. The molecule has 2 heterocycles. The van der Waals surface area contributed by atoms with E-state index >= 15 is 0 Å². The van der Waals surface area contributed by atoms with E-state index in [0.29, 0.717) is 41.8 Å². The van der Waals surface area contributed by atoms with Crippen molar-refractivity contribution in [3.8, 4) is 28.7 Å². The molecule has 1 aromatic heterocycles. The molecule has 0 bridgehead atoms. The van der Waals surface area contributed by atoms with Crippen molar-refractivity contribution in [1.29, 1.82) is 5.26 Å². The van der Waals surface area contributed by atoms with Gasteiger partial charge < -0.3 is 14.4 Å². The van der Waals surface area contributed by atoms with Crippen LogP contribution in [0.15, 0.2) is 12.1 Å². The predicted molar refractivity (Wildman–Crippen MR) is 137 cm³/mol. The van der Waals surface area contributed by atoms with Gasteiger partial charge >= 0.3 is 0 Å². The normalized spacial score (nSPS) is 16.6. The molecule has 0 saturated carbocycles. The van der Waals surface area contributed by atoms with E-state index in [9.17, 15) is 5.26 Å². The van der Waals surface area contributed by atoms with Gasteiger partial charge in [-0.1, -0.05) is 23.8 Å². The molecule has 2 aromatic rings. The molecule has 0 radical (unpaired) electrons. The number of ether oxygens (including phenoxy) is 2. The minimum atomic E-state index is 0.469. The van der Waals surface area contributed by atoms with Crippen molar-refractivity contribution in [2.75, 3.05) is 46.4 Å². The zero-order valence-corrected chi connectivity index (χ0v) is 21.1. The number of aromatic nitrogens is 1. The minimum Gasteiger partial charge on any atom is -0.493 e. The number of halogens is 1. The molecule has 1 fully saturated rings. The van der Waals surface area contributed by atoms with Gasteiger partial charge in [-0.25, -0.2) is 0 Å². The van der Waals surface area contributed by atoms with Gasteiger partial charge in [0.2, 0.25) is 0 Å². The number of nitriles is 1. The molecule has 1 aromatic carbocycles. The lowest BCUT2D eigenvalue weighted by atomic mass is 9.97.